The van der Waals surface area contributed by atoms with Crippen molar-refractivity contribution in [1.29, 1.82) is 0 Å². The second-order valence-electron chi connectivity index (χ2n) is 5.89. The van der Waals surface area contributed by atoms with E-state index in [4.69, 9.17) is 9.47 Å². The van der Waals surface area contributed by atoms with Gasteiger partial charge in [-0.3, -0.25) is 9.59 Å². The molecule has 0 radical (unpaired) electrons. The fraction of sp³-hybridized carbons (Fsp3) is 0.867. The summed E-state index contributed by atoms with van der Waals surface area (Å²) in [4.78, 5) is 24.1. The molecule has 19 heavy (non-hydrogen) atoms. The van der Waals surface area contributed by atoms with E-state index in [9.17, 15) is 9.59 Å². The molecule has 2 unspecified atom stereocenters. The molecule has 0 heterocycles. The van der Waals surface area contributed by atoms with Crippen LogP contribution in [0.1, 0.15) is 54.4 Å². The second-order valence-corrected chi connectivity index (χ2v) is 5.89. The van der Waals surface area contributed by atoms with Crippen LogP contribution in [0.4, 0.5) is 0 Å². The number of carbonyl (C=O) groups excluding carboxylic acids is 2. The Kier molecular flexibility index (Phi) is 7.72. The number of ether oxygens (including phenoxy) is 2. The summed E-state index contributed by atoms with van der Waals surface area (Å²) in [5.74, 6) is -1.44. The molecule has 0 amide bonds. The summed E-state index contributed by atoms with van der Waals surface area (Å²) in [6.07, 6.45) is 1.20. The zero-order chi connectivity index (χ0) is 15.1. The van der Waals surface area contributed by atoms with Crippen molar-refractivity contribution in [3.8, 4) is 0 Å². The third kappa shape index (κ3) is 6.60. The maximum atomic E-state index is 12.1. The molecule has 4 heteroatoms. The molecule has 0 aliphatic carbocycles. The molecule has 0 bridgehead atoms. The van der Waals surface area contributed by atoms with Crippen LogP contribution in [0, 0.1) is 17.3 Å². The van der Waals surface area contributed by atoms with Crippen LogP contribution in [-0.2, 0) is 19.1 Å². The van der Waals surface area contributed by atoms with Crippen LogP contribution in [0.15, 0.2) is 0 Å². The summed E-state index contributed by atoms with van der Waals surface area (Å²) in [5.41, 5.74) is -0.0443. The van der Waals surface area contributed by atoms with Gasteiger partial charge in [0.2, 0.25) is 0 Å². The van der Waals surface area contributed by atoms with Gasteiger partial charge in [0.15, 0.2) is 0 Å². The lowest BCUT2D eigenvalue weighted by Gasteiger charge is -2.29. The van der Waals surface area contributed by atoms with Gasteiger partial charge in [-0.15, -0.1) is 0 Å². The molecule has 0 aliphatic heterocycles. The van der Waals surface area contributed by atoms with Crippen molar-refractivity contribution in [2.24, 2.45) is 17.3 Å². The highest BCUT2D eigenvalue weighted by atomic mass is 16.5. The van der Waals surface area contributed by atoms with E-state index < -0.39 is 11.8 Å². The largest absolute Gasteiger partial charge is 0.466 e. The zero-order valence-corrected chi connectivity index (χ0v) is 13.1. The molecule has 0 saturated carbocycles. The summed E-state index contributed by atoms with van der Waals surface area (Å²) >= 11 is 0. The fourth-order valence-electron chi connectivity index (χ4n) is 2.16. The maximum absolute atomic E-state index is 12.1. The number of hydrogen-bond donors (Lipinski definition) is 0. The number of esters is 2. The third-order valence-corrected chi connectivity index (χ3v) is 2.94. The van der Waals surface area contributed by atoms with Gasteiger partial charge in [0, 0.05) is 0 Å². The van der Waals surface area contributed by atoms with Gasteiger partial charge in [-0.1, -0.05) is 27.7 Å². The van der Waals surface area contributed by atoms with E-state index in [1.165, 1.54) is 0 Å². The molecule has 2 atom stereocenters. The normalized spacial score (nSPS) is 14.6. The third-order valence-electron chi connectivity index (χ3n) is 2.94. The molecule has 0 fully saturated rings. The zero-order valence-electron chi connectivity index (χ0n) is 13.1. The van der Waals surface area contributed by atoms with Crippen LogP contribution < -0.4 is 0 Å². The lowest BCUT2D eigenvalue weighted by Crippen LogP contribution is -2.35. The molecule has 0 rings (SSSR count). The Labute approximate surface area is 116 Å². The highest BCUT2D eigenvalue weighted by Gasteiger charge is 2.37. The smallest absolute Gasteiger partial charge is 0.309 e. The van der Waals surface area contributed by atoms with E-state index in [-0.39, 0.29) is 17.4 Å². The molecule has 0 aliphatic rings. The number of rotatable bonds is 7. The van der Waals surface area contributed by atoms with Crippen molar-refractivity contribution < 1.29 is 19.1 Å². The van der Waals surface area contributed by atoms with Crippen LogP contribution in [0.5, 0.6) is 0 Å². The van der Waals surface area contributed by atoms with Crippen LogP contribution in [0.3, 0.4) is 0 Å². The van der Waals surface area contributed by atoms with E-state index in [0.717, 1.165) is 0 Å². The van der Waals surface area contributed by atoms with Gasteiger partial charge in [0.1, 0.15) is 0 Å². The molecule has 0 aromatic heterocycles. The monoisotopic (exact) mass is 272 g/mol. The van der Waals surface area contributed by atoms with Crippen LogP contribution in [0.25, 0.3) is 0 Å². The van der Waals surface area contributed by atoms with Gasteiger partial charge in [-0.25, -0.2) is 0 Å². The molecule has 0 saturated heterocycles. The Morgan fingerprint density at radius 2 is 1.32 bits per heavy atom. The molecular weight excluding hydrogens is 244 g/mol. The van der Waals surface area contributed by atoms with Gasteiger partial charge in [-0.2, -0.15) is 0 Å². The molecule has 112 valence electrons. The first-order valence-electron chi connectivity index (χ1n) is 7.10. The first-order chi connectivity index (χ1) is 8.76. The Balaban J connectivity index is 5.06. The topological polar surface area (TPSA) is 52.6 Å². The summed E-state index contributed by atoms with van der Waals surface area (Å²) in [5, 5.41) is 0. The van der Waals surface area contributed by atoms with Crippen molar-refractivity contribution in [1.82, 2.24) is 0 Å². The first kappa shape index (κ1) is 17.9. The van der Waals surface area contributed by atoms with E-state index in [1.807, 2.05) is 6.92 Å². The minimum Gasteiger partial charge on any atom is -0.466 e. The summed E-state index contributed by atoms with van der Waals surface area (Å²) < 4.78 is 10.2. The van der Waals surface area contributed by atoms with Gasteiger partial charge < -0.3 is 9.47 Å². The Morgan fingerprint density at radius 3 is 1.63 bits per heavy atom. The van der Waals surface area contributed by atoms with E-state index in [0.29, 0.717) is 26.1 Å². The standard InChI is InChI=1S/C15H28O4/c1-7-11(13(16)18-8-2)12(10-15(4,5)6)14(17)19-9-3/h11-12H,7-10H2,1-6H3. The highest BCUT2D eigenvalue weighted by molar-refractivity contribution is 5.82. The van der Waals surface area contributed by atoms with Crippen LogP contribution in [-0.4, -0.2) is 25.2 Å². The average Bonchev–Trinajstić information content (AvgIpc) is 2.27. The first-order valence-corrected chi connectivity index (χ1v) is 7.10. The average molecular weight is 272 g/mol. The summed E-state index contributed by atoms with van der Waals surface area (Å²) in [7, 11) is 0. The van der Waals surface area contributed by atoms with Gasteiger partial charge in [0.05, 0.1) is 25.0 Å². The minimum absolute atomic E-state index is 0.0443. The van der Waals surface area contributed by atoms with Crippen molar-refractivity contribution >= 4 is 11.9 Å². The van der Waals surface area contributed by atoms with Crippen LogP contribution in [0.2, 0.25) is 0 Å². The van der Waals surface area contributed by atoms with Gasteiger partial charge >= 0.3 is 11.9 Å². The van der Waals surface area contributed by atoms with Gasteiger partial charge in [0.25, 0.3) is 0 Å². The predicted molar refractivity (Wildman–Crippen MR) is 74.6 cm³/mol. The van der Waals surface area contributed by atoms with Crippen molar-refractivity contribution in [3.05, 3.63) is 0 Å². The molecule has 0 N–H and O–H groups in total. The minimum atomic E-state index is -0.427. The van der Waals surface area contributed by atoms with E-state index >= 15 is 0 Å². The van der Waals surface area contributed by atoms with Crippen molar-refractivity contribution in [2.45, 2.75) is 54.4 Å². The Hall–Kier alpha value is -1.06. The molecular formula is C15H28O4. The lowest BCUT2D eigenvalue weighted by atomic mass is 9.77. The number of hydrogen-bond acceptors (Lipinski definition) is 4. The van der Waals surface area contributed by atoms with Crippen molar-refractivity contribution in [3.63, 3.8) is 0 Å². The molecule has 0 aromatic rings. The molecule has 4 nitrogen and oxygen atoms in total. The Bertz CT molecular complexity index is 291. The number of carbonyl (C=O) groups is 2. The van der Waals surface area contributed by atoms with Gasteiger partial charge in [-0.05, 0) is 32.1 Å². The fourth-order valence-corrected chi connectivity index (χ4v) is 2.16. The molecule has 0 spiro atoms. The molecule has 0 aromatic carbocycles. The summed E-state index contributed by atoms with van der Waals surface area (Å²) in [6.45, 7) is 12.3. The second kappa shape index (κ2) is 8.18. The van der Waals surface area contributed by atoms with Crippen LogP contribution >= 0.6 is 0 Å². The highest BCUT2D eigenvalue weighted by Crippen LogP contribution is 2.32. The van der Waals surface area contributed by atoms with E-state index in [2.05, 4.69) is 20.8 Å². The Morgan fingerprint density at radius 1 is 0.895 bits per heavy atom. The maximum Gasteiger partial charge on any atom is 0.309 e. The summed E-state index contributed by atoms with van der Waals surface area (Å²) in [6, 6.07) is 0. The predicted octanol–water partition coefficient (Wildman–Crippen LogP) is 3.19. The SMILES string of the molecule is CCOC(=O)C(CC)C(CC(C)(C)C)C(=O)OCC. The van der Waals surface area contributed by atoms with Crippen molar-refractivity contribution in [2.75, 3.05) is 13.2 Å². The van der Waals surface area contributed by atoms with E-state index in [1.54, 1.807) is 13.8 Å². The lowest BCUT2D eigenvalue weighted by molar-refractivity contribution is -0.161. The quantitative estimate of drug-likeness (QED) is 0.668.